The number of nitrogens with zero attached hydrogens (tertiary/aromatic N) is 3. The fourth-order valence-electron chi connectivity index (χ4n) is 3.65. The number of rotatable bonds is 4. The molecule has 1 N–H and O–H groups in total. The maximum absolute atomic E-state index is 12.6. The van der Waals surface area contributed by atoms with E-state index in [1.807, 2.05) is 24.1 Å². The number of halogens is 2. The first-order chi connectivity index (χ1) is 11.6. The highest BCUT2D eigenvalue weighted by atomic mass is 35.5. The zero-order valence-electron chi connectivity index (χ0n) is 16.0. The molecular formula is C19H32Cl2N4O. The predicted octanol–water partition coefficient (Wildman–Crippen LogP) is 2.49. The van der Waals surface area contributed by atoms with Crippen molar-refractivity contribution in [1.82, 2.24) is 15.1 Å². The number of carbonyl (C=O) groups excluding carboxylic acids is 1. The van der Waals surface area contributed by atoms with E-state index in [0.29, 0.717) is 12.1 Å². The van der Waals surface area contributed by atoms with Gasteiger partial charge in [0.2, 0.25) is 0 Å². The van der Waals surface area contributed by atoms with Crippen molar-refractivity contribution in [2.24, 2.45) is 0 Å². The van der Waals surface area contributed by atoms with Crippen LogP contribution >= 0.6 is 24.8 Å². The van der Waals surface area contributed by atoms with Crippen molar-refractivity contribution in [2.75, 3.05) is 51.2 Å². The van der Waals surface area contributed by atoms with Gasteiger partial charge < -0.3 is 15.1 Å². The lowest BCUT2D eigenvalue weighted by atomic mass is 10.1. The summed E-state index contributed by atoms with van der Waals surface area (Å²) in [4.78, 5) is 19.4. The maximum atomic E-state index is 12.6. The van der Waals surface area contributed by atoms with E-state index in [2.05, 4.69) is 41.1 Å². The monoisotopic (exact) mass is 402 g/mol. The molecule has 1 aromatic rings. The number of nitrogens with one attached hydrogen (secondary N) is 1. The molecule has 0 aliphatic carbocycles. The lowest BCUT2D eigenvalue weighted by Crippen LogP contribution is -2.48. The van der Waals surface area contributed by atoms with Gasteiger partial charge in [0.15, 0.2) is 0 Å². The second kappa shape index (κ2) is 10.4. The Morgan fingerprint density at radius 2 is 1.73 bits per heavy atom. The molecule has 2 heterocycles. The Bertz CT molecular complexity index is 553. The number of hydrogen-bond acceptors (Lipinski definition) is 4. The van der Waals surface area contributed by atoms with E-state index >= 15 is 0 Å². The Labute approximate surface area is 169 Å². The van der Waals surface area contributed by atoms with Crippen LogP contribution in [0.3, 0.4) is 0 Å². The largest absolute Gasteiger partial charge is 0.369 e. The predicted molar refractivity (Wildman–Crippen MR) is 113 cm³/mol. The molecule has 1 amide bonds. The van der Waals surface area contributed by atoms with Crippen LogP contribution in [-0.4, -0.2) is 74.1 Å². The van der Waals surface area contributed by atoms with Crippen molar-refractivity contribution >= 4 is 36.4 Å². The fraction of sp³-hybridized carbons (Fsp3) is 0.632. The van der Waals surface area contributed by atoms with E-state index in [9.17, 15) is 4.79 Å². The van der Waals surface area contributed by atoms with Crippen molar-refractivity contribution in [1.29, 1.82) is 0 Å². The second-order valence-electron chi connectivity index (χ2n) is 7.23. The third-order valence-corrected chi connectivity index (χ3v) is 5.43. The van der Waals surface area contributed by atoms with Crippen LogP contribution in [-0.2, 0) is 0 Å². The molecule has 0 aromatic heterocycles. The number of amides is 1. The fourth-order valence-corrected chi connectivity index (χ4v) is 3.65. The Morgan fingerprint density at radius 3 is 2.23 bits per heavy atom. The Morgan fingerprint density at radius 1 is 1.12 bits per heavy atom. The summed E-state index contributed by atoms with van der Waals surface area (Å²) in [5.74, 6) is 0.125. The SMILES string of the molecule is CC(C)N1CCN(c2ccc(C(=O)N(C)C3CCNC3)cc2)CC1.Cl.Cl. The van der Waals surface area contributed by atoms with Gasteiger partial charge in [0.05, 0.1) is 0 Å². The first-order valence-corrected chi connectivity index (χ1v) is 9.13. The third-order valence-electron chi connectivity index (χ3n) is 5.43. The molecule has 2 aliphatic rings. The van der Waals surface area contributed by atoms with Gasteiger partial charge in [-0.05, 0) is 51.1 Å². The molecule has 2 fully saturated rings. The molecule has 0 bridgehead atoms. The average molecular weight is 403 g/mol. The second-order valence-corrected chi connectivity index (χ2v) is 7.23. The molecule has 5 nitrogen and oxygen atoms in total. The van der Waals surface area contributed by atoms with Gasteiger partial charge in [-0.15, -0.1) is 24.8 Å². The Balaban J connectivity index is 0.00000169. The average Bonchev–Trinajstić information content (AvgIpc) is 3.15. The molecule has 26 heavy (non-hydrogen) atoms. The molecule has 0 radical (unpaired) electrons. The smallest absolute Gasteiger partial charge is 0.253 e. The van der Waals surface area contributed by atoms with E-state index in [1.165, 1.54) is 5.69 Å². The van der Waals surface area contributed by atoms with Crippen LogP contribution < -0.4 is 10.2 Å². The van der Waals surface area contributed by atoms with E-state index in [-0.39, 0.29) is 30.7 Å². The van der Waals surface area contributed by atoms with Gasteiger partial charge in [0.1, 0.15) is 0 Å². The number of piperazine rings is 1. The number of anilines is 1. The highest BCUT2D eigenvalue weighted by Crippen LogP contribution is 2.19. The first-order valence-electron chi connectivity index (χ1n) is 9.13. The number of carbonyl (C=O) groups is 1. The Kier molecular flexibility index (Phi) is 9.17. The maximum Gasteiger partial charge on any atom is 0.253 e. The molecule has 0 saturated carbocycles. The quantitative estimate of drug-likeness (QED) is 0.839. The molecule has 3 rings (SSSR count). The summed E-state index contributed by atoms with van der Waals surface area (Å²) in [6.07, 6.45) is 1.04. The third kappa shape index (κ3) is 5.26. The molecule has 2 saturated heterocycles. The van der Waals surface area contributed by atoms with Crippen LogP contribution in [0.4, 0.5) is 5.69 Å². The summed E-state index contributed by atoms with van der Waals surface area (Å²) in [6.45, 7) is 10.7. The van der Waals surface area contributed by atoms with Crippen LogP contribution in [0.2, 0.25) is 0 Å². The topological polar surface area (TPSA) is 38.8 Å². The van der Waals surface area contributed by atoms with Crippen molar-refractivity contribution in [2.45, 2.75) is 32.4 Å². The molecule has 1 aromatic carbocycles. The highest BCUT2D eigenvalue weighted by molar-refractivity contribution is 5.94. The number of hydrogen-bond donors (Lipinski definition) is 1. The van der Waals surface area contributed by atoms with Gasteiger partial charge in [-0.1, -0.05) is 0 Å². The summed E-state index contributed by atoms with van der Waals surface area (Å²) in [5.41, 5.74) is 2.01. The molecule has 148 valence electrons. The van der Waals surface area contributed by atoms with E-state index in [4.69, 9.17) is 0 Å². The van der Waals surface area contributed by atoms with Gasteiger partial charge in [0.25, 0.3) is 5.91 Å². The first kappa shape index (κ1) is 23.0. The summed E-state index contributed by atoms with van der Waals surface area (Å²) in [5, 5.41) is 3.32. The van der Waals surface area contributed by atoms with Crippen LogP contribution in [0.15, 0.2) is 24.3 Å². The molecule has 0 spiro atoms. The number of benzene rings is 1. The van der Waals surface area contributed by atoms with Crippen molar-refractivity contribution in [3.8, 4) is 0 Å². The molecule has 1 atom stereocenters. The van der Waals surface area contributed by atoms with E-state index in [1.54, 1.807) is 0 Å². The van der Waals surface area contributed by atoms with Crippen LogP contribution in [0.1, 0.15) is 30.6 Å². The highest BCUT2D eigenvalue weighted by Gasteiger charge is 2.24. The molecule has 7 heteroatoms. The summed E-state index contributed by atoms with van der Waals surface area (Å²) in [6, 6.07) is 9.09. The zero-order valence-corrected chi connectivity index (χ0v) is 17.6. The number of likely N-dealkylation sites (N-methyl/N-ethyl adjacent to an activating group) is 1. The van der Waals surface area contributed by atoms with Crippen LogP contribution in [0, 0.1) is 0 Å². The van der Waals surface area contributed by atoms with Crippen molar-refractivity contribution in [3.05, 3.63) is 29.8 Å². The van der Waals surface area contributed by atoms with E-state index < -0.39 is 0 Å². The molecule has 1 unspecified atom stereocenters. The van der Waals surface area contributed by atoms with Gasteiger partial charge in [0, 0.05) is 63.1 Å². The normalized spacial score (nSPS) is 20.5. The van der Waals surface area contributed by atoms with Crippen LogP contribution in [0.25, 0.3) is 0 Å². The standard InChI is InChI=1S/C19H30N4O.2ClH/c1-15(2)22-10-12-23(13-11-22)17-6-4-16(5-7-17)19(24)21(3)18-8-9-20-14-18;;/h4-7,15,18,20H,8-14H2,1-3H3;2*1H. The minimum atomic E-state index is 0. The minimum Gasteiger partial charge on any atom is -0.369 e. The minimum absolute atomic E-state index is 0. The van der Waals surface area contributed by atoms with Crippen molar-refractivity contribution in [3.63, 3.8) is 0 Å². The Hall–Kier alpha value is -1.01. The lowest BCUT2D eigenvalue weighted by Gasteiger charge is -2.38. The zero-order chi connectivity index (χ0) is 17.1. The van der Waals surface area contributed by atoms with Gasteiger partial charge in [-0.25, -0.2) is 0 Å². The van der Waals surface area contributed by atoms with Crippen molar-refractivity contribution < 1.29 is 4.79 Å². The van der Waals surface area contributed by atoms with E-state index in [0.717, 1.165) is 51.3 Å². The van der Waals surface area contributed by atoms with Gasteiger partial charge in [-0.2, -0.15) is 0 Å². The molecule has 2 aliphatic heterocycles. The summed E-state index contributed by atoms with van der Waals surface area (Å²) < 4.78 is 0. The van der Waals surface area contributed by atoms with Gasteiger partial charge >= 0.3 is 0 Å². The summed E-state index contributed by atoms with van der Waals surface area (Å²) in [7, 11) is 1.92. The molecular weight excluding hydrogens is 371 g/mol. The lowest BCUT2D eigenvalue weighted by molar-refractivity contribution is 0.0744. The van der Waals surface area contributed by atoms with Gasteiger partial charge in [-0.3, -0.25) is 9.69 Å². The summed E-state index contributed by atoms with van der Waals surface area (Å²) >= 11 is 0. The van der Waals surface area contributed by atoms with Crippen LogP contribution in [0.5, 0.6) is 0 Å².